The van der Waals surface area contributed by atoms with Crippen LogP contribution in [-0.4, -0.2) is 43.1 Å². The number of fused-ring (bicyclic) bond motifs is 1. The fourth-order valence-corrected chi connectivity index (χ4v) is 6.00. The summed E-state index contributed by atoms with van der Waals surface area (Å²) in [7, 11) is 4.37. The predicted molar refractivity (Wildman–Crippen MR) is 146 cm³/mol. The summed E-state index contributed by atoms with van der Waals surface area (Å²) in [5.41, 5.74) is 3.11. The van der Waals surface area contributed by atoms with E-state index in [0.29, 0.717) is 28.3 Å². The molecular weight excluding hydrogens is 523 g/mol. The van der Waals surface area contributed by atoms with E-state index in [2.05, 4.69) is 0 Å². The number of aromatic nitrogens is 1. The van der Waals surface area contributed by atoms with Crippen molar-refractivity contribution in [2.24, 2.45) is 0 Å². The second kappa shape index (κ2) is 10.0. The second-order valence-corrected chi connectivity index (χ2v) is 10.1. The lowest BCUT2D eigenvalue weighted by Gasteiger charge is -2.24. The summed E-state index contributed by atoms with van der Waals surface area (Å²) in [5, 5.41) is 11.6. The number of rotatable bonds is 6. The van der Waals surface area contributed by atoms with Crippen molar-refractivity contribution < 1.29 is 33.3 Å². The molecule has 1 atom stereocenters. The van der Waals surface area contributed by atoms with E-state index >= 15 is 0 Å². The van der Waals surface area contributed by atoms with E-state index in [1.54, 1.807) is 12.1 Å². The minimum atomic E-state index is -1.09. The molecule has 5 rings (SSSR count). The zero-order valence-corrected chi connectivity index (χ0v) is 22.7. The molecule has 1 N–H and O–H groups in total. The molecule has 0 aliphatic carbocycles. The molecule has 39 heavy (non-hydrogen) atoms. The van der Waals surface area contributed by atoms with Crippen LogP contribution in [0, 0.1) is 19.7 Å². The van der Waals surface area contributed by atoms with Crippen molar-refractivity contribution >= 4 is 44.1 Å². The van der Waals surface area contributed by atoms with Crippen LogP contribution < -0.4 is 19.1 Å². The Labute approximate surface area is 227 Å². The van der Waals surface area contributed by atoms with Gasteiger partial charge in [0.2, 0.25) is 5.75 Å². The molecule has 1 aliphatic heterocycles. The van der Waals surface area contributed by atoms with Crippen LogP contribution >= 0.6 is 11.3 Å². The molecule has 0 spiro atoms. The van der Waals surface area contributed by atoms with Crippen molar-refractivity contribution in [1.82, 2.24) is 4.98 Å². The van der Waals surface area contributed by atoms with Gasteiger partial charge in [0.15, 0.2) is 16.6 Å². The normalized spacial score (nSPS) is 16.7. The molecule has 0 radical (unpaired) electrons. The highest BCUT2D eigenvalue weighted by Gasteiger charge is 2.48. The number of ketones is 1. The van der Waals surface area contributed by atoms with Crippen molar-refractivity contribution in [3.05, 3.63) is 82.2 Å². The zero-order chi connectivity index (χ0) is 28.0. The Hall–Kier alpha value is -4.44. The molecule has 1 aliphatic rings. The topological polar surface area (TPSA) is 98.2 Å². The van der Waals surface area contributed by atoms with Gasteiger partial charge in [-0.3, -0.25) is 14.5 Å². The van der Waals surface area contributed by atoms with Gasteiger partial charge < -0.3 is 19.3 Å². The van der Waals surface area contributed by atoms with E-state index < -0.39 is 29.3 Å². The van der Waals surface area contributed by atoms with Gasteiger partial charge in [0, 0.05) is 5.56 Å². The summed E-state index contributed by atoms with van der Waals surface area (Å²) in [5.74, 6) is -1.78. The van der Waals surface area contributed by atoms with Crippen LogP contribution in [0.3, 0.4) is 0 Å². The molecule has 10 heteroatoms. The van der Waals surface area contributed by atoms with E-state index in [-0.39, 0.29) is 16.3 Å². The molecular formula is C29H25FN2O6S. The number of methoxy groups -OCH3 is 3. The first-order valence-electron chi connectivity index (χ1n) is 11.9. The molecule has 0 bridgehead atoms. The maximum absolute atomic E-state index is 13.6. The fourth-order valence-electron chi connectivity index (χ4n) is 4.83. The van der Waals surface area contributed by atoms with Gasteiger partial charge in [-0.15, -0.1) is 0 Å². The third kappa shape index (κ3) is 4.36. The molecule has 1 aromatic heterocycles. The van der Waals surface area contributed by atoms with E-state index in [9.17, 15) is 19.1 Å². The largest absolute Gasteiger partial charge is 0.507 e. The van der Waals surface area contributed by atoms with Crippen molar-refractivity contribution in [2.75, 3.05) is 26.2 Å². The molecule has 1 fully saturated rings. The van der Waals surface area contributed by atoms with Crippen molar-refractivity contribution in [3.63, 3.8) is 0 Å². The Morgan fingerprint density at radius 2 is 1.62 bits per heavy atom. The number of thiazole rings is 1. The maximum atomic E-state index is 13.6. The molecule has 8 nitrogen and oxygen atoms in total. The number of anilines is 1. The Kier molecular flexibility index (Phi) is 6.73. The quantitative estimate of drug-likeness (QED) is 0.187. The first kappa shape index (κ1) is 26.2. The number of benzene rings is 3. The minimum absolute atomic E-state index is 0.173. The highest BCUT2D eigenvalue weighted by atomic mass is 32.1. The lowest BCUT2D eigenvalue weighted by molar-refractivity contribution is -0.132. The zero-order valence-electron chi connectivity index (χ0n) is 21.9. The number of aliphatic hydroxyl groups is 1. The maximum Gasteiger partial charge on any atom is 0.301 e. The summed E-state index contributed by atoms with van der Waals surface area (Å²) in [6.07, 6.45) is 0. The number of hydrogen-bond donors (Lipinski definition) is 1. The number of halogens is 1. The first-order chi connectivity index (χ1) is 18.7. The van der Waals surface area contributed by atoms with Gasteiger partial charge in [0.05, 0.1) is 43.2 Å². The Morgan fingerprint density at radius 3 is 2.21 bits per heavy atom. The number of amides is 1. The van der Waals surface area contributed by atoms with Crippen LogP contribution in [0.4, 0.5) is 9.52 Å². The minimum Gasteiger partial charge on any atom is -0.507 e. The number of carbonyl (C=O) groups is 2. The third-order valence-corrected chi connectivity index (χ3v) is 7.59. The van der Waals surface area contributed by atoms with Crippen molar-refractivity contribution in [2.45, 2.75) is 19.9 Å². The van der Waals surface area contributed by atoms with Gasteiger partial charge in [-0.1, -0.05) is 17.4 Å². The van der Waals surface area contributed by atoms with Crippen LogP contribution in [0.15, 0.2) is 54.1 Å². The molecule has 1 saturated heterocycles. The highest BCUT2D eigenvalue weighted by molar-refractivity contribution is 7.22. The second-order valence-electron chi connectivity index (χ2n) is 9.06. The fraction of sp³-hybridized carbons (Fsp3) is 0.207. The van der Waals surface area contributed by atoms with Crippen LogP contribution in [0.1, 0.15) is 28.3 Å². The highest BCUT2D eigenvalue weighted by Crippen LogP contribution is 2.48. The molecule has 2 heterocycles. The molecule has 1 unspecified atom stereocenters. The van der Waals surface area contributed by atoms with Gasteiger partial charge in [-0.2, -0.15) is 0 Å². The van der Waals surface area contributed by atoms with Gasteiger partial charge >= 0.3 is 5.91 Å². The van der Waals surface area contributed by atoms with E-state index in [4.69, 9.17) is 19.2 Å². The van der Waals surface area contributed by atoms with E-state index in [0.717, 1.165) is 28.0 Å². The number of nitrogens with zero attached hydrogens (tertiary/aromatic N) is 2. The summed E-state index contributed by atoms with van der Waals surface area (Å²) < 4.78 is 31.0. The Bertz CT molecular complexity index is 1640. The third-order valence-electron chi connectivity index (χ3n) is 6.59. The summed E-state index contributed by atoms with van der Waals surface area (Å²) in [6.45, 7) is 3.90. The summed E-state index contributed by atoms with van der Waals surface area (Å²) >= 11 is 1.27. The van der Waals surface area contributed by atoms with E-state index in [1.165, 1.54) is 49.7 Å². The SMILES string of the molecule is COc1cc(C2C(=C(O)c3ccc(F)cc3)C(=O)C(=O)N2c2nc3c(C)cc(C)cc3s2)cc(OC)c1OC. The number of hydrogen-bond acceptors (Lipinski definition) is 8. The molecule has 200 valence electrons. The molecule has 3 aromatic carbocycles. The average Bonchev–Trinajstić information content (AvgIpc) is 3.46. The van der Waals surface area contributed by atoms with Crippen molar-refractivity contribution in [3.8, 4) is 17.2 Å². The van der Waals surface area contributed by atoms with Crippen molar-refractivity contribution in [1.29, 1.82) is 0 Å². The molecule has 1 amide bonds. The van der Waals surface area contributed by atoms with Crippen LogP contribution in [0.2, 0.25) is 0 Å². The van der Waals surface area contributed by atoms with Crippen LogP contribution in [0.25, 0.3) is 16.0 Å². The standard InChI is InChI=1S/C29H25FN2O6S/c1-14-10-15(2)23-21(11-14)39-29(31-23)32-24(17-12-19(36-3)27(38-5)20(13-17)37-4)22(26(34)28(32)35)25(33)16-6-8-18(30)9-7-16/h6-13,24,33H,1-5H3. The average molecular weight is 549 g/mol. The van der Waals surface area contributed by atoms with E-state index in [1.807, 2.05) is 26.0 Å². The van der Waals surface area contributed by atoms with Crippen LogP contribution in [0.5, 0.6) is 17.2 Å². The number of aryl methyl sites for hydroxylation is 2. The van der Waals surface area contributed by atoms with Gasteiger partial charge in [0.1, 0.15) is 11.6 Å². The summed E-state index contributed by atoms with van der Waals surface area (Å²) in [6, 6.07) is 11.1. The lowest BCUT2D eigenvalue weighted by atomic mass is 9.94. The Morgan fingerprint density at radius 1 is 0.974 bits per heavy atom. The van der Waals surface area contributed by atoms with Gasteiger partial charge in [-0.05, 0) is 73.0 Å². The predicted octanol–water partition coefficient (Wildman–Crippen LogP) is 5.70. The number of ether oxygens (including phenoxy) is 3. The van der Waals surface area contributed by atoms with Crippen LogP contribution in [-0.2, 0) is 9.59 Å². The van der Waals surface area contributed by atoms with Gasteiger partial charge in [0.25, 0.3) is 5.78 Å². The number of carbonyl (C=O) groups excluding carboxylic acids is 2. The monoisotopic (exact) mass is 548 g/mol. The summed E-state index contributed by atoms with van der Waals surface area (Å²) in [4.78, 5) is 33.1. The van der Waals surface area contributed by atoms with Gasteiger partial charge in [-0.25, -0.2) is 9.37 Å². The smallest absolute Gasteiger partial charge is 0.301 e. The lowest BCUT2D eigenvalue weighted by Crippen LogP contribution is -2.29. The molecule has 4 aromatic rings. The first-order valence-corrected chi connectivity index (χ1v) is 12.7. The molecule has 0 saturated carbocycles. The number of Topliss-reactive ketones (excluding diaryl/α,β-unsaturated/α-hetero) is 1. The Balaban J connectivity index is 1.80. The number of aliphatic hydroxyl groups excluding tert-OH is 1.